The van der Waals surface area contributed by atoms with Crippen LogP contribution in [0.1, 0.15) is 24.0 Å². The largest absolute Gasteiger partial charge is 0.369 e. The molecule has 0 unspecified atom stereocenters. The maximum atomic E-state index is 13.3. The van der Waals surface area contributed by atoms with Gasteiger partial charge < -0.3 is 4.90 Å². The number of sulfonamides is 2. The molecule has 9 heteroatoms. The number of rotatable bonds is 4. The highest BCUT2D eigenvalue weighted by Gasteiger charge is 2.31. The molecule has 0 aliphatic carbocycles. The van der Waals surface area contributed by atoms with Gasteiger partial charge in [-0.3, -0.25) is 4.31 Å². The van der Waals surface area contributed by atoms with Crippen LogP contribution in [0.2, 0.25) is 0 Å². The van der Waals surface area contributed by atoms with Crippen LogP contribution in [0, 0.1) is 13.8 Å². The molecular formula is C22H29N3O4S2. The molecule has 2 saturated heterocycles. The molecule has 0 bridgehead atoms. The normalized spacial score (nSPS) is 20.1. The zero-order valence-electron chi connectivity index (χ0n) is 18.0. The zero-order chi connectivity index (χ0) is 22.2. The van der Waals surface area contributed by atoms with Gasteiger partial charge in [0.25, 0.3) is 0 Å². The second-order valence-corrected chi connectivity index (χ2v) is 12.2. The number of aryl methyl sites for hydroxylation is 2. The summed E-state index contributed by atoms with van der Waals surface area (Å²) in [5.74, 6) is 0.136. The van der Waals surface area contributed by atoms with E-state index < -0.39 is 20.0 Å². The van der Waals surface area contributed by atoms with Crippen LogP contribution in [-0.2, 0) is 20.0 Å². The van der Waals surface area contributed by atoms with E-state index in [1.54, 1.807) is 25.1 Å². The number of hydrogen-bond acceptors (Lipinski definition) is 5. The minimum Gasteiger partial charge on any atom is -0.369 e. The van der Waals surface area contributed by atoms with Crippen molar-refractivity contribution in [1.29, 1.82) is 0 Å². The number of nitrogens with zero attached hydrogens (tertiary/aromatic N) is 3. The van der Waals surface area contributed by atoms with Crippen molar-refractivity contribution in [3.63, 3.8) is 0 Å². The van der Waals surface area contributed by atoms with Gasteiger partial charge >= 0.3 is 0 Å². The van der Waals surface area contributed by atoms with Gasteiger partial charge in [-0.1, -0.05) is 12.1 Å². The van der Waals surface area contributed by atoms with Gasteiger partial charge in [0.2, 0.25) is 20.0 Å². The third kappa shape index (κ3) is 4.44. The third-order valence-electron chi connectivity index (χ3n) is 6.02. The quantitative estimate of drug-likeness (QED) is 0.697. The van der Waals surface area contributed by atoms with E-state index >= 15 is 0 Å². The van der Waals surface area contributed by atoms with E-state index in [1.807, 2.05) is 19.1 Å². The smallest absolute Gasteiger partial charge is 0.243 e. The molecular weight excluding hydrogens is 434 g/mol. The molecule has 0 saturated carbocycles. The highest BCUT2D eigenvalue weighted by molar-refractivity contribution is 7.92. The Morgan fingerprint density at radius 1 is 0.839 bits per heavy atom. The fourth-order valence-corrected chi connectivity index (χ4v) is 7.57. The van der Waals surface area contributed by atoms with Crippen LogP contribution in [0.25, 0.3) is 0 Å². The molecule has 7 nitrogen and oxygen atoms in total. The van der Waals surface area contributed by atoms with E-state index in [0.717, 1.165) is 12.1 Å². The molecule has 2 aromatic carbocycles. The van der Waals surface area contributed by atoms with Gasteiger partial charge in [0, 0.05) is 38.4 Å². The molecule has 2 aliphatic rings. The number of anilines is 2. The summed E-state index contributed by atoms with van der Waals surface area (Å²) in [5.41, 5.74) is 3.40. The Labute approximate surface area is 185 Å². The lowest BCUT2D eigenvalue weighted by molar-refractivity contribution is 0.384. The standard InChI is InChI=1S/C22H29N3O4S2/c1-18-6-5-7-20(16-18)23-11-13-24(14-12-23)31(28,29)22-9-8-21(17-19(22)2)25-10-3-4-15-30(25,26)27/h5-9,16-17H,3-4,10-15H2,1-2H3. The summed E-state index contributed by atoms with van der Waals surface area (Å²) in [7, 11) is -6.97. The Morgan fingerprint density at radius 2 is 1.58 bits per heavy atom. The monoisotopic (exact) mass is 463 g/mol. The summed E-state index contributed by atoms with van der Waals surface area (Å²) < 4.78 is 54.3. The first kappa shape index (κ1) is 22.1. The van der Waals surface area contributed by atoms with Crippen LogP contribution in [0.3, 0.4) is 0 Å². The Hall–Kier alpha value is -2.10. The topological polar surface area (TPSA) is 78.0 Å². The molecule has 0 N–H and O–H groups in total. The third-order valence-corrected chi connectivity index (χ3v) is 9.95. The van der Waals surface area contributed by atoms with E-state index in [0.29, 0.717) is 50.4 Å². The Kier molecular flexibility index (Phi) is 6.02. The molecule has 0 radical (unpaired) electrons. The van der Waals surface area contributed by atoms with Crippen LogP contribution >= 0.6 is 0 Å². The molecule has 2 heterocycles. The zero-order valence-corrected chi connectivity index (χ0v) is 19.6. The molecule has 2 aromatic rings. The first-order valence-electron chi connectivity index (χ1n) is 10.6. The molecule has 0 amide bonds. The lowest BCUT2D eigenvalue weighted by Gasteiger charge is -2.36. The lowest BCUT2D eigenvalue weighted by Crippen LogP contribution is -2.48. The van der Waals surface area contributed by atoms with E-state index in [-0.39, 0.29) is 10.6 Å². The van der Waals surface area contributed by atoms with Crippen LogP contribution in [0.15, 0.2) is 47.4 Å². The maximum Gasteiger partial charge on any atom is 0.243 e. The van der Waals surface area contributed by atoms with Crippen LogP contribution in [0.4, 0.5) is 11.4 Å². The molecule has 0 atom stereocenters. The average molecular weight is 464 g/mol. The van der Waals surface area contributed by atoms with Crippen LogP contribution < -0.4 is 9.21 Å². The van der Waals surface area contributed by atoms with Crippen molar-refractivity contribution in [2.24, 2.45) is 0 Å². The van der Waals surface area contributed by atoms with Crippen molar-refractivity contribution in [2.75, 3.05) is 47.7 Å². The molecule has 2 aliphatic heterocycles. The number of hydrogen-bond donors (Lipinski definition) is 0. The molecule has 0 spiro atoms. The molecule has 2 fully saturated rings. The van der Waals surface area contributed by atoms with Gasteiger partial charge in [-0.15, -0.1) is 0 Å². The van der Waals surface area contributed by atoms with Crippen molar-refractivity contribution in [1.82, 2.24) is 4.31 Å². The first-order chi connectivity index (χ1) is 14.7. The van der Waals surface area contributed by atoms with Crippen molar-refractivity contribution in [2.45, 2.75) is 31.6 Å². The predicted molar refractivity (Wildman–Crippen MR) is 124 cm³/mol. The van der Waals surface area contributed by atoms with E-state index in [1.165, 1.54) is 14.2 Å². The minimum absolute atomic E-state index is 0.136. The SMILES string of the molecule is Cc1cccc(N2CCN(S(=O)(=O)c3ccc(N4CCCCS4(=O)=O)cc3C)CC2)c1. The van der Waals surface area contributed by atoms with Crippen molar-refractivity contribution >= 4 is 31.4 Å². The molecule has 31 heavy (non-hydrogen) atoms. The molecule has 168 valence electrons. The summed E-state index contributed by atoms with van der Waals surface area (Å²) in [6, 6.07) is 13.1. The van der Waals surface area contributed by atoms with E-state index in [9.17, 15) is 16.8 Å². The second-order valence-electron chi connectivity index (χ2n) is 8.28. The summed E-state index contributed by atoms with van der Waals surface area (Å²) >= 11 is 0. The maximum absolute atomic E-state index is 13.3. The average Bonchev–Trinajstić information content (AvgIpc) is 2.73. The first-order valence-corrected chi connectivity index (χ1v) is 13.7. The van der Waals surface area contributed by atoms with E-state index in [4.69, 9.17) is 0 Å². The Morgan fingerprint density at radius 3 is 2.23 bits per heavy atom. The Balaban J connectivity index is 1.51. The summed E-state index contributed by atoms with van der Waals surface area (Å²) in [6.07, 6.45) is 1.47. The summed E-state index contributed by atoms with van der Waals surface area (Å²) in [6.45, 7) is 6.31. The fraction of sp³-hybridized carbons (Fsp3) is 0.455. The Bertz CT molecular complexity index is 1170. The van der Waals surface area contributed by atoms with Gasteiger partial charge in [0.1, 0.15) is 0 Å². The molecule has 0 aromatic heterocycles. The van der Waals surface area contributed by atoms with Gasteiger partial charge in [0.05, 0.1) is 16.3 Å². The predicted octanol–water partition coefficient (Wildman–Crippen LogP) is 2.74. The van der Waals surface area contributed by atoms with Crippen molar-refractivity contribution < 1.29 is 16.8 Å². The fourth-order valence-electron chi connectivity index (χ4n) is 4.31. The van der Waals surface area contributed by atoms with Gasteiger partial charge in [-0.25, -0.2) is 16.8 Å². The van der Waals surface area contributed by atoms with Gasteiger partial charge in [0.15, 0.2) is 0 Å². The van der Waals surface area contributed by atoms with Gasteiger partial charge in [-0.05, 0) is 68.1 Å². The van der Waals surface area contributed by atoms with Crippen LogP contribution in [-0.4, -0.2) is 59.6 Å². The summed E-state index contributed by atoms with van der Waals surface area (Å²) in [5, 5.41) is 0. The number of benzene rings is 2. The van der Waals surface area contributed by atoms with Crippen LogP contribution in [0.5, 0.6) is 0 Å². The van der Waals surface area contributed by atoms with Gasteiger partial charge in [-0.2, -0.15) is 4.31 Å². The van der Waals surface area contributed by atoms with Crippen molar-refractivity contribution in [3.8, 4) is 0 Å². The summed E-state index contributed by atoms with van der Waals surface area (Å²) in [4.78, 5) is 2.45. The minimum atomic E-state index is -3.64. The highest BCUT2D eigenvalue weighted by Crippen LogP contribution is 2.29. The lowest BCUT2D eigenvalue weighted by atomic mass is 10.2. The highest BCUT2D eigenvalue weighted by atomic mass is 32.2. The van der Waals surface area contributed by atoms with Crippen molar-refractivity contribution in [3.05, 3.63) is 53.6 Å². The molecule has 4 rings (SSSR count). The second kappa shape index (κ2) is 8.44. The number of piperazine rings is 1. The van der Waals surface area contributed by atoms with E-state index in [2.05, 4.69) is 17.0 Å².